The van der Waals surface area contributed by atoms with Crippen molar-refractivity contribution in [3.8, 4) is 0 Å². The Kier molecular flexibility index (Phi) is 3.10. The van der Waals surface area contributed by atoms with Gasteiger partial charge in [0.25, 0.3) is 0 Å². The molecule has 0 aliphatic carbocycles. The Labute approximate surface area is 91.5 Å². The van der Waals surface area contributed by atoms with Gasteiger partial charge in [-0.05, 0) is 12.8 Å². The number of hydrogen-bond donors (Lipinski definition) is 1. The van der Waals surface area contributed by atoms with Crippen molar-refractivity contribution >= 4 is 28.1 Å². The van der Waals surface area contributed by atoms with Gasteiger partial charge in [0.05, 0.1) is 5.69 Å². The zero-order valence-electron chi connectivity index (χ0n) is 8.28. The molecule has 0 fully saturated rings. The minimum Gasteiger partial charge on any atom is -0.311 e. The van der Waals surface area contributed by atoms with Gasteiger partial charge in [-0.3, -0.25) is 4.40 Å². The molecule has 5 heteroatoms. The number of thiazole rings is 1. The van der Waals surface area contributed by atoms with Crippen molar-refractivity contribution < 1.29 is 0 Å². The molecule has 0 saturated carbocycles. The van der Waals surface area contributed by atoms with Gasteiger partial charge in [0.2, 0.25) is 0 Å². The van der Waals surface area contributed by atoms with Crippen LogP contribution in [-0.4, -0.2) is 22.2 Å². The third-order valence-corrected chi connectivity index (χ3v) is 3.53. The maximum Gasteiger partial charge on any atom is 0.194 e. The molecule has 2 aromatic heterocycles. The molecule has 0 unspecified atom stereocenters. The standard InChI is InChI=1S/C9H13N3S2/c1-3-10-6-7-8(13-2)11-9-12(7)4-5-14-9/h4-5,10H,3,6H2,1-2H3. The number of aromatic nitrogens is 2. The van der Waals surface area contributed by atoms with Gasteiger partial charge in [-0.2, -0.15) is 0 Å². The third kappa shape index (κ3) is 1.67. The Morgan fingerprint density at radius 1 is 1.64 bits per heavy atom. The molecule has 0 bridgehead atoms. The van der Waals surface area contributed by atoms with Crippen LogP contribution in [0.1, 0.15) is 12.6 Å². The molecule has 0 aliphatic rings. The van der Waals surface area contributed by atoms with E-state index in [4.69, 9.17) is 0 Å². The number of imidazole rings is 1. The van der Waals surface area contributed by atoms with Crippen LogP contribution in [0.15, 0.2) is 16.6 Å². The van der Waals surface area contributed by atoms with Crippen molar-refractivity contribution in [1.29, 1.82) is 0 Å². The van der Waals surface area contributed by atoms with Crippen LogP contribution >= 0.6 is 23.1 Å². The van der Waals surface area contributed by atoms with Crippen LogP contribution in [0.2, 0.25) is 0 Å². The lowest BCUT2D eigenvalue weighted by Crippen LogP contribution is -2.13. The van der Waals surface area contributed by atoms with Crippen LogP contribution in [0, 0.1) is 0 Å². The Bertz CT molecular complexity index is 419. The second-order valence-electron chi connectivity index (χ2n) is 2.90. The molecule has 0 aromatic carbocycles. The Balaban J connectivity index is 2.40. The number of thioether (sulfide) groups is 1. The monoisotopic (exact) mass is 227 g/mol. The maximum atomic E-state index is 4.55. The highest BCUT2D eigenvalue weighted by Crippen LogP contribution is 2.23. The van der Waals surface area contributed by atoms with Crippen molar-refractivity contribution in [3.05, 3.63) is 17.3 Å². The highest BCUT2D eigenvalue weighted by Gasteiger charge is 2.10. The summed E-state index contributed by atoms with van der Waals surface area (Å²) in [6, 6.07) is 0. The Morgan fingerprint density at radius 3 is 3.21 bits per heavy atom. The molecule has 2 aromatic rings. The van der Waals surface area contributed by atoms with Crippen LogP contribution in [0.5, 0.6) is 0 Å². The zero-order valence-corrected chi connectivity index (χ0v) is 9.91. The first-order valence-corrected chi connectivity index (χ1v) is 6.66. The summed E-state index contributed by atoms with van der Waals surface area (Å²) in [6.07, 6.45) is 4.15. The molecule has 0 radical (unpaired) electrons. The van der Waals surface area contributed by atoms with E-state index in [0.29, 0.717) is 0 Å². The highest BCUT2D eigenvalue weighted by atomic mass is 32.2. The molecule has 14 heavy (non-hydrogen) atoms. The number of rotatable bonds is 4. The molecule has 0 amide bonds. The first kappa shape index (κ1) is 10.0. The molecular weight excluding hydrogens is 214 g/mol. The molecule has 1 N–H and O–H groups in total. The molecule has 76 valence electrons. The predicted octanol–water partition coefficient (Wildman–Crippen LogP) is 2.23. The zero-order chi connectivity index (χ0) is 9.97. The highest BCUT2D eigenvalue weighted by molar-refractivity contribution is 7.98. The van der Waals surface area contributed by atoms with E-state index >= 15 is 0 Å². The SMILES string of the molecule is CCNCc1c(SC)nc2sccn12. The van der Waals surface area contributed by atoms with Crippen LogP contribution < -0.4 is 5.32 Å². The van der Waals surface area contributed by atoms with Crippen molar-refractivity contribution in [2.45, 2.75) is 18.5 Å². The van der Waals surface area contributed by atoms with Crippen LogP contribution in [0.3, 0.4) is 0 Å². The predicted molar refractivity (Wildman–Crippen MR) is 62.2 cm³/mol. The summed E-state index contributed by atoms with van der Waals surface area (Å²) in [5.74, 6) is 0. The van der Waals surface area contributed by atoms with Gasteiger partial charge < -0.3 is 5.32 Å². The number of fused-ring (bicyclic) bond motifs is 1. The molecule has 0 aliphatic heterocycles. The van der Waals surface area contributed by atoms with Gasteiger partial charge >= 0.3 is 0 Å². The van der Waals surface area contributed by atoms with Gasteiger partial charge in [-0.1, -0.05) is 6.92 Å². The lowest BCUT2D eigenvalue weighted by Gasteiger charge is -2.01. The fourth-order valence-electron chi connectivity index (χ4n) is 1.38. The quantitative estimate of drug-likeness (QED) is 0.812. The van der Waals surface area contributed by atoms with E-state index < -0.39 is 0 Å². The molecule has 0 saturated heterocycles. The second kappa shape index (κ2) is 4.33. The minimum absolute atomic E-state index is 0.893. The average Bonchev–Trinajstić information content (AvgIpc) is 2.74. The minimum atomic E-state index is 0.893. The normalized spacial score (nSPS) is 11.3. The first-order valence-electron chi connectivity index (χ1n) is 4.56. The smallest absolute Gasteiger partial charge is 0.194 e. The Morgan fingerprint density at radius 2 is 2.50 bits per heavy atom. The van der Waals surface area contributed by atoms with Gasteiger partial charge in [-0.15, -0.1) is 23.1 Å². The Hall–Kier alpha value is -0.520. The van der Waals surface area contributed by atoms with Crippen LogP contribution in [-0.2, 0) is 6.54 Å². The average molecular weight is 227 g/mol. The van der Waals surface area contributed by atoms with E-state index in [-0.39, 0.29) is 0 Å². The largest absolute Gasteiger partial charge is 0.311 e. The molecule has 2 rings (SSSR count). The number of hydrogen-bond acceptors (Lipinski definition) is 4. The van der Waals surface area contributed by atoms with E-state index in [1.165, 1.54) is 5.69 Å². The summed E-state index contributed by atoms with van der Waals surface area (Å²) in [7, 11) is 0. The van der Waals surface area contributed by atoms with E-state index in [1.807, 2.05) is 0 Å². The summed E-state index contributed by atoms with van der Waals surface area (Å²) in [5.41, 5.74) is 1.27. The molecule has 3 nitrogen and oxygen atoms in total. The van der Waals surface area contributed by atoms with Crippen molar-refractivity contribution in [2.24, 2.45) is 0 Å². The van der Waals surface area contributed by atoms with Crippen molar-refractivity contribution in [1.82, 2.24) is 14.7 Å². The maximum absolute atomic E-state index is 4.55. The second-order valence-corrected chi connectivity index (χ2v) is 4.57. The van der Waals surface area contributed by atoms with E-state index in [1.54, 1.807) is 23.1 Å². The van der Waals surface area contributed by atoms with Gasteiger partial charge in [0, 0.05) is 18.1 Å². The fourth-order valence-corrected chi connectivity index (χ4v) is 2.75. The van der Waals surface area contributed by atoms with Crippen LogP contribution in [0.4, 0.5) is 0 Å². The summed E-state index contributed by atoms with van der Waals surface area (Å²) in [5, 5.41) is 6.55. The number of nitrogens with zero attached hydrogens (tertiary/aromatic N) is 2. The molecule has 0 spiro atoms. The molecular formula is C9H13N3S2. The topological polar surface area (TPSA) is 29.3 Å². The van der Waals surface area contributed by atoms with E-state index in [9.17, 15) is 0 Å². The van der Waals surface area contributed by atoms with Crippen molar-refractivity contribution in [3.63, 3.8) is 0 Å². The molecule has 2 heterocycles. The summed E-state index contributed by atoms with van der Waals surface area (Å²) >= 11 is 3.39. The fraction of sp³-hybridized carbons (Fsp3) is 0.444. The molecule has 0 atom stereocenters. The lowest BCUT2D eigenvalue weighted by molar-refractivity contribution is 0.695. The summed E-state index contributed by atoms with van der Waals surface area (Å²) in [6.45, 7) is 4.00. The van der Waals surface area contributed by atoms with Crippen molar-refractivity contribution in [2.75, 3.05) is 12.8 Å². The summed E-state index contributed by atoms with van der Waals surface area (Å²) < 4.78 is 2.17. The summed E-state index contributed by atoms with van der Waals surface area (Å²) in [4.78, 5) is 5.63. The van der Waals surface area contributed by atoms with E-state index in [0.717, 1.165) is 23.1 Å². The lowest BCUT2D eigenvalue weighted by atomic mass is 10.4. The van der Waals surface area contributed by atoms with Crippen LogP contribution in [0.25, 0.3) is 4.96 Å². The third-order valence-electron chi connectivity index (χ3n) is 2.06. The van der Waals surface area contributed by atoms with Gasteiger partial charge in [0.1, 0.15) is 5.03 Å². The van der Waals surface area contributed by atoms with Gasteiger partial charge in [-0.25, -0.2) is 4.98 Å². The van der Waals surface area contributed by atoms with E-state index in [2.05, 4.69) is 39.5 Å². The number of nitrogens with one attached hydrogen (secondary N) is 1. The first-order chi connectivity index (χ1) is 6.86. The van der Waals surface area contributed by atoms with Gasteiger partial charge in [0.15, 0.2) is 4.96 Å².